The SMILES string of the molecule is CCC(=O)/C=C/CN1CCN(CCOCCF)CC1. The summed E-state index contributed by atoms with van der Waals surface area (Å²) >= 11 is 0. The highest BCUT2D eigenvalue weighted by molar-refractivity contribution is 5.89. The molecule has 0 aromatic heterocycles. The zero-order valence-corrected chi connectivity index (χ0v) is 11.8. The molecule has 0 atom stereocenters. The van der Waals surface area contributed by atoms with E-state index in [1.165, 1.54) is 0 Å². The highest BCUT2D eigenvalue weighted by Crippen LogP contribution is 2.01. The highest BCUT2D eigenvalue weighted by atomic mass is 19.1. The smallest absolute Gasteiger partial charge is 0.155 e. The summed E-state index contributed by atoms with van der Waals surface area (Å²) in [5.41, 5.74) is 0. The van der Waals surface area contributed by atoms with E-state index in [0.717, 1.165) is 39.3 Å². The van der Waals surface area contributed by atoms with E-state index in [0.29, 0.717) is 13.0 Å². The molecule has 1 heterocycles. The number of allylic oxidation sites excluding steroid dienone is 1. The molecule has 4 nitrogen and oxygen atoms in total. The van der Waals surface area contributed by atoms with Gasteiger partial charge in [-0.25, -0.2) is 4.39 Å². The fraction of sp³-hybridized carbons (Fsp3) is 0.786. The van der Waals surface area contributed by atoms with Gasteiger partial charge >= 0.3 is 0 Å². The Bertz CT molecular complexity index is 277. The van der Waals surface area contributed by atoms with Crippen molar-refractivity contribution in [3.63, 3.8) is 0 Å². The molecule has 0 aliphatic carbocycles. The van der Waals surface area contributed by atoms with Crippen molar-refractivity contribution in [1.29, 1.82) is 0 Å². The van der Waals surface area contributed by atoms with Crippen molar-refractivity contribution in [3.8, 4) is 0 Å². The van der Waals surface area contributed by atoms with Crippen molar-refractivity contribution in [1.82, 2.24) is 9.80 Å². The summed E-state index contributed by atoms with van der Waals surface area (Å²) < 4.78 is 17.0. The van der Waals surface area contributed by atoms with E-state index in [9.17, 15) is 9.18 Å². The van der Waals surface area contributed by atoms with Crippen LogP contribution in [-0.4, -0.2) is 74.7 Å². The van der Waals surface area contributed by atoms with Gasteiger partial charge in [-0.2, -0.15) is 0 Å². The summed E-state index contributed by atoms with van der Waals surface area (Å²) in [5.74, 6) is 0.184. The van der Waals surface area contributed by atoms with Crippen LogP contribution < -0.4 is 0 Å². The molecule has 1 fully saturated rings. The summed E-state index contributed by atoms with van der Waals surface area (Å²) in [6.45, 7) is 8.03. The second-order valence-electron chi connectivity index (χ2n) is 4.67. The topological polar surface area (TPSA) is 32.8 Å². The molecule has 19 heavy (non-hydrogen) atoms. The zero-order valence-electron chi connectivity index (χ0n) is 11.8. The average Bonchev–Trinajstić information content (AvgIpc) is 2.45. The van der Waals surface area contributed by atoms with Crippen molar-refractivity contribution < 1.29 is 13.9 Å². The van der Waals surface area contributed by atoms with Gasteiger partial charge in [-0.3, -0.25) is 14.6 Å². The van der Waals surface area contributed by atoms with E-state index < -0.39 is 6.67 Å². The third-order valence-corrected chi connectivity index (χ3v) is 3.25. The van der Waals surface area contributed by atoms with Crippen molar-refractivity contribution in [3.05, 3.63) is 12.2 Å². The first-order valence-corrected chi connectivity index (χ1v) is 7.04. The first kappa shape index (κ1) is 16.3. The average molecular weight is 272 g/mol. The quantitative estimate of drug-likeness (QED) is 0.465. The van der Waals surface area contributed by atoms with Gasteiger partial charge in [-0.1, -0.05) is 13.0 Å². The molecule has 1 saturated heterocycles. The van der Waals surface area contributed by atoms with Crippen LogP contribution in [0, 0.1) is 0 Å². The molecule has 110 valence electrons. The summed E-state index contributed by atoms with van der Waals surface area (Å²) in [7, 11) is 0. The van der Waals surface area contributed by atoms with Crippen molar-refractivity contribution in [2.24, 2.45) is 0 Å². The zero-order chi connectivity index (χ0) is 13.9. The molecule has 0 aromatic carbocycles. The Morgan fingerprint density at radius 1 is 1.21 bits per heavy atom. The van der Waals surface area contributed by atoms with E-state index in [-0.39, 0.29) is 12.4 Å². The third kappa shape index (κ3) is 7.40. The van der Waals surface area contributed by atoms with E-state index >= 15 is 0 Å². The number of alkyl halides is 1. The van der Waals surface area contributed by atoms with Crippen LogP contribution in [0.2, 0.25) is 0 Å². The Hall–Kier alpha value is -0.780. The van der Waals surface area contributed by atoms with E-state index in [1.807, 2.05) is 13.0 Å². The van der Waals surface area contributed by atoms with Crippen LogP contribution in [0.1, 0.15) is 13.3 Å². The lowest BCUT2D eigenvalue weighted by atomic mass is 10.2. The molecular weight excluding hydrogens is 247 g/mol. The van der Waals surface area contributed by atoms with E-state index in [2.05, 4.69) is 9.80 Å². The fourth-order valence-corrected chi connectivity index (χ4v) is 2.00. The van der Waals surface area contributed by atoms with Gasteiger partial charge in [0.25, 0.3) is 0 Å². The third-order valence-electron chi connectivity index (χ3n) is 3.25. The molecule has 0 aromatic rings. The number of rotatable bonds is 9. The minimum absolute atomic E-state index is 0.184. The minimum Gasteiger partial charge on any atom is -0.377 e. The molecule has 1 aliphatic heterocycles. The van der Waals surface area contributed by atoms with E-state index in [4.69, 9.17) is 4.74 Å². The Balaban J connectivity index is 2.08. The van der Waals surface area contributed by atoms with Crippen LogP contribution in [-0.2, 0) is 9.53 Å². The maximum absolute atomic E-state index is 11.8. The van der Waals surface area contributed by atoms with Crippen molar-refractivity contribution >= 4 is 5.78 Å². The Morgan fingerprint density at radius 2 is 1.89 bits per heavy atom. The molecule has 1 rings (SSSR count). The fourth-order valence-electron chi connectivity index (χ4n) is 2.00. The first-order chi connectivity index (χ1) is 9.26. The van der Waals surface area contributed by atoms with Crippen LogP contribution in [0.15, 0.2) is 12.2 Å². The maximum Gasteiger partial charge on any atom is 0.155 e. The number of carbonyl (C=O) groups excluding carboxylic acids is 1. The van der Waals surface area contributed by atoms with Crippen LogP contribution in [0.4, 0.5) is 4.39 Å². The summed E-state index contributed by atoms with van der Waals surface area (Å²) in [5, 5.41) is 0. The van der Waals surface area contributed by atoms with Crippen LogP contribution in [0.5, 0.6) is 0 Å². The number of hydrogen-bond acceptors (Lipinski definition) is 4. The van der Waals surface area contributed by atoms with Gasteiger partial charge in [0.15, 0.2) is 5.78 Å². The number of piperazine rings is 1. The summed E-state index contributed by atoms with van der Waals surface area (Å²) in [6.07, 6.45) is 4.20. The molecule has 1 aliphatic rings. The van der Waals surface area contributed by atoms with Gasteiger partial charge in [-0.05, 0) is 6.08 Å². The summed E-state index contributed by atoms with van der Waals surface area (Å²) in [4.78, 5) is 15.8. The Labute approximate surface area is 115 Å². The standard InChI is InChI=1S/C14H25FN2O2/c1-2-14(18)4-3-6-16-7-9-17(10-8-16)11-13-19-12-5-15/h3-4H,2,5-13H2,1H3/b4-3+. The molecule has 0 radical (unpaired) electrons. The maximum atomic E-state index is 11.8. The lowest BCUT2D eigenvalue weighted by Crippen LogP contribution is -2.47. The second-order valence-corrected chi connectivity index (χ2v) is 4.67. The van der Waals surface area contributed by atoms with Crippen molar-refractivity contribution in [2.45, 2.75) is 13.3 Å². The molecule has 0 unspecified atom stereocenters. The number of ketones is 1. The number of hydrogen-bond donors (Lipinski definition) is 0. The Morgan fingerprint density at radius 3 is 2.53 bits per heavy atom. The summed E-state index contributed by atoms with van der Waals surface area (Å²) in [6, 6.07) is 0. The van der Waals surface area contributed by atoms with Gasteiger partial charge in [0.2, 0.25) is 0 Å². The van der Waals surface area contributed by atoms with Crippen LogP contribution in [0.3, 0.4) is 0 Å². The molecule has 5 heteroatoms. The minimum atomic E-state index is -0.406. The Kier molecular flexibility index (Phi) is 8.62. The first-order valence-electron chi connectivity index (χ1n) is 7.04. The molecule has 0 bridgehead atoms. The number of nitrogens with zero attached hydrogens (tertiary/aromatic N) is 2. The predicted octanol–water partition coefficient (Wildman–Crippen LogP) is 1.13. The van der Waals surface area contributed by atoms with E-state index in [1.54, 1.807) is 6.08 Å². The largest absolute Gasteiger partial charge is 0.377 e. The van der Waals surface area contributed by atoms with Gasteiger partial charge < -0.3 is 4.74 Å². The molecule has 0 spiro atoms. The second kappa shape index (κ2) is 10.1. The van der Waals surface area contributed by atoms with Crippen LogP contribution >= 0.6 is 0 Å². The van der Waals surface area contributed by atoms with Gasteiger partial charge in [0.05, 0.1) is 13.2 Å². The lowest BCUT2D eigenvalue weighted by molar-refractivity contribution is -0.114. The van der Waals surface area contributed by atoms with Gasteiger partial charge in [-0.15, -0.1) is 0 Å². The predicted molar refractivity (Wildman–Crippen MR) is 74.1 cm³/mol. The van der Waals surface area contributed by atoms with Crippen LogP contribution in [0.25, 0.3) is 0 Å². The lowest BCUT2D eigenvalue weighted by Gasteiger charge is -2.33. The van der Waals surface area contributed by atoms with Gasteiger partial charge in [0.1, 0.15) is 6.67 Å². The van der Waals surface area contributed by atoms with Crippen molar-refractivity contribution in [2.75, 3.05) is 59.2 Å². The normalized spacial score (nSPS) is 18.2. The number of carbonyl (C=O) groups is 1. The number of ether oxygens (including phenoxy) is 1. The molecule has 0 amide bonds. The molecule has 0 N–H and O–H groups in total. The highest BCUT2D eigenvalue weighted by Gasteiger charge is 2.15. The molecular formula is C14H25FN2O2. The number of halogens is 1. The monoisotopic (exact) mass is 272 g/mol. The van der Waals surface area contributed by atoms with Gasteiger partial charge in [0, 0.05) is 45.7 Å². The molecule has 0 saturated carbocycles.